The van der Waals surface area contributed by atoms with Crippen molar-refractivity contribution < 1.29 is 4.92 Å². The molecule has 0 spiro atoms. The summed E-state index contributed by atoms with van der Waals surface area (Å²) >= 11 is 0. The molecular formula is C14H16N4O2. The Bertz CT molecular complexity index is 587. The lowest BCUT2D eigenvalue weighted by Crippen LogP contribution is -2.03. The fraction of sp³-hybridized carbons (Fsp3) is 0.214. The van der Waals surface area contributed by atoms with Crippen molar-refractivity contribution in [3.63, 3.8) is 0 Å². The van der Waals surface area contributed by atoms with Crippen LogP contribution in [-0.4, -0.2) is 16.5 Å². The van der Waals surface area contributed by atoms with Crippen LogP contribution in [-0.2, 0) is 6.54 Å². The molecule has 0 amide bonds. The highest BCUT2D eigenvalue weighted by atomic mass is 16.6. The Morgan fingerprint density at radius 3 is 2.40 bits per heavy atom. The Balaban J connectivity index is 2.15. The van der Waals surface area contributed by atoms with Crippen molar-refractivity contribution in [2.45, 2.75) is 13.5 Å². The number of hydrogen-bond donors (Lipinski definition) is 2. The minimum absolute atomic E-state index is 0.0701. The average molecular weight is 272 g/mol. The van der Waals surface area contributed by atoms with E-state index in [4.69, 9.17) is 0 Å². The van der Waals surface area contributed by atoms with Crippen LogP contribution in [0.15, 0.2) is 42.7 Å². The van der Waals surface area contributed by atoms with E-state index in [1.165, 1.54) is 12.1 Å². The van der Waals surface area contributed by atoms with E-state index in [0.717, 1.165) is 11.3 Å². The van der Waals surface area contributed by atoms with Crippen molar-refractivity contribution in [2.24, 2.45) is 0 Å². The van der Waals surface area contributed by atoms with E-state index in [1.807, 2.05) is 25.1 Å². The predicted molar refractivity (Wildman–Crippen MR) is 78.8 cm³/mol. The van der Waals surface area contributed by atoms with Crippen LogP contribution in [0.2, 0.25) is 0 Å². The fourth-order valence-corrected chi connectivity index (χ4v) is 1.83. The second-order valence-corrected chi connectivity index (χ2v) is 4.27. The number of pyridine rings is 1. The second-order valence-electron chi connectivity index (χ2n) is 4.27. The van der Waals surface area contributed by atoms with E-state index in [0.29, 0.717) is 18.8 Å². The molecule has 104 valence electrons. The molecule has 0 aliphatic carbocycles. The number of rotatable bonds is 6. The number of aromatic nitrogens is 1. The zero-order valence-electron chi connectivity index (χ0n) is 11.2. The first-order chi connectivity index (χ1) is 9.69. The maximum absolute atomic E-state index is 10.9. The van der Waals surface area contributed by atoms with Crippen molar-refractivity contribution in [3.8, 4) is 0 Å². The largest absolute Gasteiger partial charge is 0.385 e. The number of nitro groups is 1. The summed E-state index contributed by atoms with van der Waals surface area (Å²) in [6.45, 7) is 3.25. The third-order valence-electron chi connectivity index (χ3n) is 2.76. The molecule has 1 aromatic heterocycles. The highest BCUT2D eigenvalue weighted by molar-refractivity contribution is 5.63. The Labute approximate surface area is 117 Å². The van der Waals surface area contributed by atoms with Crippen molar-refractivity contribution in [2.75, 3.05) is 17.2 Å². The highest BCUT2D eigenvalue weighted by Crippen LogP contribution is 2.24. The first kappa shape index (κ1) is 13.8. The van der Waals surface area contributed by atoms with E-state index in [2.05, 4.69) is 15.6 Å². The van der Waals surface area contributed by atoms with Crippen LogP contribution in [0.4, 0.5) is 17.1 Å². The van der Waals surface area contributed by atoms with E-state index < -0.39 is 4.92 Å². The molecular weight excluding hydrogens is 256 g/mol. The van der Waals surface area contributed by atoms with Gasteiger partial charge in [0.1, 0.15) is 0 Å². The summed E-state index contributed by atoms with van der Waals surface area (Å²) in [5, 5.41) is 17.2. The lowest BCUT2D eigenvalue weighted by atomic mass is 10.2. The molecule has 0 bridgehead atoms. The molecule has 1 aromatic carbocycles. The summed E-state index contributed by atoms with van der Waals surface area (Å²) in [6.07, 6.45) is 3.43. The normalized spacial score (nSPS) is 10.1. The van der Waals surface area contributed by atoms with Gasteiger partial charge in [0.05, 0.1) is 4.92 Å². The summed E-state index contributed by atoms with van der Waals surface area (Å²) in [4.78, 5) is 14.5. The van der Waals surface area contributed by atoms with E-state index >= 15 is 0 Å². The van der Waals surface area contributed by atoms with Crippen molar-refractivity contribution in [3.05, 3.63) is 58.4 Å². The summed E-state index contributed by atoms with van der Waals surface area (Å²) < 4.78 is 0. The van der Waals surface area contributed by atoms with Crippen LogP contribution in [0, 0.1) is 10.1 Å². The molecule has 0 saturated heterocycles. The Morgan fingerprint density at radius 1 is 1.15 bits per heavy atom. The molecule has 0 aliphatic heterocycles. The van der Waals surface area contributed by atoms with Gasteiger partial charge in [-0.3, -0.25) is 15.1 Å². The van der Waals surface area contributed by atoms with Crippen LogP contribution in [0.25, 0.3) is 0 Å². The minimum Gasteiger partial charge on any atom is -0.385 e. The zero-order chi connectivity index (χ0) is 14.4. The molecule has 20 heavy (non-hydrogen) atoms. The molecule has 0 unspecified atom stereocenters. The molecule has 0 atom stereocenters. The SMILES string of the molecule is CCNc1cc(NCc2ccncc2)cc([N+](=O)[O-])c1. The molecule has 6 heteroatoms. The maximum Gasteiger partial charge on any atom is 0.273 e. The number of hydrogen-bond acceptors (Lipinski definition) is 5. The smallest absolute Gasteiger partial charge is 0.273 e. The standard InChI is InChI=1S/C14H16N4O2/c1-2-16-12-7-13(9-14(8-12)18(19)20)17-10-11-3-5-15-6-4-11/h3-9,16-17H,2,10H2,1H3. The van der Waals surface area contributed by atoms with E-state index in [-0.39, 0.29) is 5.69 Å². The molecule has 0 radical (unpaired) electrons. The molecule has 1 heterocycles. The number of non-ortho nitro benzene ring substituents is 1. The van der Waals surface area contributed by atoms with E-state index in [1.54, 1.807) is 12.4 Å². The number of nitrogens with zero attached hydrogens (tertiary/aromatic N) is 2. The molecule has 0 saturated carbocycles. The molecule has 2 rings (SSSR count). The van der Waals surface area contributed by atoms with Gasteiger partial charge in [0.2, 0.25) is 0 Å². The lowest BCUT2D eigenvalue weighted by molar-refractivity contribution is -0.384. The Morgan fingerprint density at radius 2 is 1.80 bits per heavy atom. The molecule has 2 N–H and O–H groups in total. The van der Waals surface area contributed by atoms with E-state index in [9.17, 15) is 10.1 Å². The second kappa shape index (κ2) is 6.51. The first-order valence-electron chi connectivity index (χ1n) is 6.35. The predicted octanol–water partition coefficient (Wildman–Crippen LogP) is 3.03. The zero-order valence-corrected chi connectivity index (χ0v) is 11.2. The Hall–Kier alpha value is -2.63. The van der Waals surface area contributed by atoms with Gasteiger partial charge in [0.15, 0.2) is 0 Å². The monoisotopic (exact) mass is 272 g/mol. The fourth-order valence-electron chi connectivity index (χ4n) is 1.83. The van der Waals surface area contributed by atoms with Crippen molar-refractivity contribution in [1.29, 1.82) is 0 Å². The molecule has 2 aromatic rings. The van der Waals surface area contributed by atoms with Gasteiger partial charge in [-0.25, -0.2) is 0 Å². The van der Waals surface area contributed by atoms with Crippen LogP contribution in [0.5, 0.6) is 0 Å². The summed E-state index contributed by atoms with van der Waals surface area (Å²) in [5.74, 6) is 0. The van der Waals surface area contributed by atoms with Gasteiger partial charge in [-0.2, -0.15) is 0 Å². The molecule has 6 nitrogen and oxygen atoms in total. The summed E-state index contributed by atoms with van der Waals surface area (Å²) in [7, 11) is 0. The topological polar surface area (TPSA) is 80.1 Å². The first-order valence-corrected chi connectivity index (χ1v) is 6.35. The lowest BCUT2D eigenvalue weighted by Gasteiger charge is -2.09. The number of nitrogens with one attached hydrogen (secondary N) is 2. The average Bonchev–Trinajstić information content (AvgIpc) is 2.46. The van der Waals surface area contributed by atoms with Gasteiger partial charge in [-0.05, 0) is 30.7 Å². The number of nitro benzene ring substituents is 1. The number of anilines is 2. The van der Waals surface area contributed by atoms with Gasteiger partial charge in [0.25, 0.3) is 5.69 Å². The van der Waals surface area contributed by atoms with Gasteiger partial charge in [0, 0.05) is 49.0 Å². The van der Waals surface area contributed by atoms with Crippen LogP contribution < -0.4 is 10.6 Å². The number of benzene rings is 1. The van der Waals surface area contributed by atoms with Gasteiger partial charge >= 0.3 is 0 Å². The van der Waals surface area contributed by atoms with Gasteiger partial charge in [-0.15, -0.1) is 0 Å². The van der Waals surface area contributed by atoms with Crippen molar-refractivity contribution in [1.82, 2.24) is 4.98 Å². The van der Waals surface area contributed by atoms with Crippen LogP contribution in [0.3, 0.4) is 0 Å². The Kier molecular flexibility index (Phi) is 4.49. The third-order valence-corrected chi connectivity index (χ3v) is 2.76. The minimum atomic E-state index is -0.390. The highest BCUT2D eigenvalue weighted by Gasteiger charge is 2.09. The third kappa shape index (κ3) is 3.68. The summed E-state index contributed by atoms with van der Waals surface area (Å²) in [5.41, 5.74) is 2.59. The summed E-state index contributed by atoms with van der Waals surface area (Å²) in [6, 6.07) is 8.71. The van der Waals surface area contributed by atoms with Gasteiger partial charge < -0.3 is 10.6 Å². The van der Waals surface area contributed by atoms with Crippen LogP contribution >= 0.6 is 0 Å². The quantitative estimate of drug-likeness (QED) is 0.624. The maximum atomic E-state index is 10.9. The van der Waals surface area contributed by atoms with Crippen molar-refractivity contribution >= 4 is 17.1 Å². The van der Waals surface area contributed by atoms with Gasteiger partial charge in [-0.1, -0.05) is 0 Å². The van der Waals surface area contributed by atoms with Crippen LogP contribution in [0.1, 0.15) is 12.5 Å². The molecule has 0 aliphatic rings. The molecule has 0 fully saturated rings.